The average Bonchev–Trinajstić information content (AvgIpc) is 2.39. The molecule has 0 aromatic carbocycles. The van der Waals surface area contributed by atoms with Gasteiger partial charge >= 0.3 is 5.97 Å². The lowest BCUT2D eigenvalue weighted by atomic mass is 9.60. The second-order valence-corrected chi connectivity index (χ2v) is 5.73. The molecule has 1 aliphatic heterocycles. The summed E-state index contributed by atoms with van der Waals surface area (Å²) in [5, 5.41) is 12.3. The quantitative estimate of drug-likeness (QED) is 0.595. The predicted octanol–water partition coefficient (Wildman–Crippen LogP) is 1.74. The fourth-order valence-electron chi connectivity index (χ4n) is 3.38. The van der Waals surface area contributed by atoms with Crippen molar-refractivity contribution in [2.45, 2.75) is 39.0 Å². The SMILES string of the molecule is CCOC(=O)C1C(=S)NC(N)=C(C#N)C12CCCCC2. The summed E-state index contributed by atoms with van der Waals surface area (Å²) in [6.45, 7) is 2.06. The number of hydrogen-bond acceptors (Lipinski definition) is 5. The van der Waals surface area contributed by atoms with Crippen molar-refractivity contribution in [2.75, 3.05) is 6.61 Å². The summed E-state index contributed by atoms with van der Waals surface area (Å²) in [4.78, 5) is 12.7. The van der Waals surface area contributed by atoms with Crippen LogP contribution in [-0.2, 0) is 9.53 Å². The molecule has 1 saturated carbocycles. The number of rotatable bonds is 2. The smallest absolute Gasteiger partial charge is 0.316 e. The van der Waals surface area contributed by atoms with Crippen molar-refractivity contribution in [3.8, 4) is 6.07 Å². The van der Waals surface area contributed by atoms with Crippen LogP contribution in [0.1, 0.15) is 39.0 Å². The molecule has 1 atom stereocenters. The van der Waals surface area contributed by atoms with Crippen LogP contribution in [0.2, 0.25) is 0 Å². The Bertz CT molecular complexity index is 501. The standard InChI is InChI=1S/C14H19N3O2S/c1-2-19-13(18)10-12(20)17-11(16)9(8-15)14(10)6-4-3-5-7-14/h10H,2-7,16H2,1H3,(H,17,20). The Kier molecular flexibility index (Phi) is 4.29. The molecule has 1 fully saturated rings. The minimum atomic E-state index is -0.598. The summed E-state index contributed by atoms with van der Waals surface area (Å²) < 4.78 is 5.17. The largest absolute Gasteiger partial charge is 0.465 e. The molecular formula is C14H19N3O2S. The Morgan fingerprint density at radius 2 is 2.20 bits per heavy atom. The normalized spacial score (nSPS) is 25.0. The number of carbonyl (C=O) groups is 1. The summed E-state index contributed by atoms with van der Waals surface area (Å²) in [6.07, 6.45) is 4.55. The first kappa shape index (κ1) is 14.8. The third kappa shape index (κ3) is 2.27. The number of hydrogen-bond donors (Lipinski definition) is 2. The molecule has 2 rings (SSSR count). The van der Waals surface area contributed by atoms with Crippen LogP contribution < -0.4 is 11.1 Å². The van der Waals surface area contributed by atoms with E-state index in [0.717, 1.165) is 32.1 Å². The van der Waals surface area contributed by atoms with Crippen molar-refractivity contribution in [1.82, 2.24) is 5.32 Å². The zero-order valence-electron chi connectivity index (χ0n) is 11.6. The van der Waals surface area contributed by atoms with E-state index < -0.39 is 11.3 Å². The molecule has 5 nitrogen and oxygen atoms in total. The molecule has 1 spiro atoms. The lowest BCUT2D eigenvalue weighted by Gasteiger charge is -2.45. The van der Waals surface area contributed by atoms with Gasteiger partial charge in [0, 0.05) is 5.41 Å². The molecule has 0 aromatic heterocycles. The second-order valence-electron chi connectivity index (χ2n) is 5.29. The van der Waals surface area contributed by atoms with Gasteiger partial charge in [-0.15, -0.1) is 0 Å². The number of nitrogens with zero attached hydrogens (tertiary/aromatic N) is 1. The molecule has 1 aliphatic carbocycles. The third-order valence-corrected chi connectivity index (χ3v) is 4.56. The average molecular weight is 293 g/mol. The number of nitrogens with one attached hydrogen (secondary N) is 1. The van der Waals surface area contributed by atoms with E-state index in [2.05, 4.69) is 11.4 Å². The van der Waals surface area contributed by atoms with Crippen molar-refractivity contribution in [3.63, 3.8) is 0 Å². The summed E-state index contributed by atoms with van der Waals surface area (Å²) in [6, 6.07) is 2.19. The highest BCUT2D eigenvalue weighted by Gasteiger charge is 2.53. The van der Waals surface area contributed by atoms with Crippen LogP contribution >= 0.6 is 12.2 Å². The van der Waals surface area contributed by atoms with Crippen LogP contribution in [0, 0.1) is 22.7 Å². The van der Waals surface area contributed by atoms with E-state index in [1.807, 2.05) is 0 Å². The van der Waals surface area contributed by atoms with Gasteiger partial charge in [0.05, 0.1) is 23.2 Å². The van der Waals surface area contributed by atoms with E-state index in [4.69, 9.17) is 22.7 Å². The molecule has 0 aromatic rings. The van der Waals surface area contributed by atoms with Gasteiger partial charge in [-0.05, 0) is 19.8 Å². The monoisotopic (exact) mass is 293 g/mol. The van der Waals surface area contributed by atoms with Gasteiger partial charge in [-0.2, -0.15) is 5.26 Å². The predicted molar refractivity (Wildman–Crippen MR) is 78.2 cm³/mol. The van der Waals surface area contributed by atoms with Crippen LogP contribution in [0.15, 0.2) is 11.4 Å². The fraction of sp³-hybridized carbons (Fsp3) is 0.643. The number of nitrogens with two attached hydrogens (primary N) is 1. The highest BCUT2D eigenvalue weighted by Crippen LogP contribution is 2.50. The van der Waals surface area contributed by atoms with Gasteiger partial charge in [0.25, 0.3) is 0 Å². The molecule has 1 unspecified atom stereocenters. The Hall–Kier alpha value is -1.61. The molecule has 0 amide bonds. The first-order chi connectivity index (χ1) is 9.56. The van der Waals surface area contributed by atoms with E-state index in [0.29, 0.717) is 23.0 Å². The van der Waals surface area contributed by atoms with Crippen molar-refractivity contribution < 1.29 is 9.53 Å². The van der Waals surface area contributed by atoms with Crippen LogP contribution in [0.4, 0.5) is 0 Å². The summed E-state index contributed by atoms with van der Waals surface area (Å²) >= 11 is 5.31. The van der Waals surface area contributed by atoms with Crippen LogP contribution in [0.5, 0.6) is 0 Å². The molecule has 20 heavy (non-hydrogen) atoms. The van der Waals surface area contributed by atoms with Crippen molar-refractivity contribution >= 4 is 23.2 Å². The number of thiocarbonyl (C=S) groups is 1. The van der Waals surface area contributed by atoms with Crippen molar-refractivity contribution in [3.05, 3.63) is 11.4 Å². The van der Waals surface area contributed by atoms with Crippen LogP contribution in [0.25, 0.3) is 0 Å². The minimum Gasteiger partial charge on any atom is -0.465 e. The number of esters is 1. The highest BCUT2D eigenvalue weighted by atomic mass is 32.1. The van der Waals surface area contributed by atoms with E-state index >= 15 is 0 Å². The summed E-state index contributed by atoms with van der Waals surface area (Å²) in [7, 11) is 0. The zero-order valence-corrected chi connectivity index (χ0v) is 12.4. The van der Waals surface area contributed by atoms with Gasteiger partial charge in [0.15, 0.2) is 0 Å². The van der Waals surface area contributed by atoms with E-state index in [-0.39, 0.29) is 5.97 Å². The maximum Gasteiger partial charge on any atom is 0.316 e. The molecule has 2 aliphatic rings. The Morgan fingerprint density at radius 3 is 2.75 bits per heavy atom. The fourth-order valence-corrected chi connectivity index (χ4v) is 3.81. The second kappa shape index (κ2) is 5.80. The number of nitriles is 1. The molecule has 0 bridgehead atoms. The van der Waals surface area contributed by atoms with Crippen LogP contribution in [-0.4, -0.2) is 17.6 Å². The Morgan fingerprint density at radius 1 is 1.55 bits per heavy atom. The topological polar surface area (TPSA) is 88.1 Å². The highest BCUT2D eigenvalue weighted by molar-refractivity contribution is 7.80. The molecule has 6 heteroatoms. The number of carbonyl (C=O) groups excluding carboxylic acids is 1. The number of allylic oxidation sites excluding steroid dienone is 1. The van der Waals surface area contributed by atoms with Gasteiger partial charge in [-0.3, -0.25) is 4.79 Å². The van der Waals surface area contributed by atoms with Gasteiger partial charge in [0.2, 0.25) is 0 Å². The molecule has 3 N–H and O–H groups in total. The number of ether oxygens (including phenoxy) is 1. The van der Waals surface area contributed by atoms with E-state index in [1.165, 1.54) is 0 Å². The molecule has 108 valence electrons. The van der Waals surface area contributed by atoms with E-state index in [9.17, 15) is 10.1 Å². The minimum absolute atomic E-state index is 0.292. The maximum atomic E-state index is 12.3. The molecule has 0 saturated heterocycles. The molecule has 0 radical (unpaired) electrons. The van der Waals surface area contributed by atoms with Crippen molar-refractivity contribution in [2.24, 2.45) is 17.1 Å². The molecule has 1 heterocycles. The van der Waals surface area contributed by atoms with Gasteiger partial charge in [0.1, 0.15) is 11.7 Å². The maximum absolute atomic E-state index is 12.3. The lowest BCUT2D eigenvalue weighted by Crippen LogP contribution is -2.53. The zero-order chi connectivity index (χ0) is 14.8. The van der Waals surface area contributed by atoms with Crippen LogP contribution in [0.3, 0.4) is 0 Å². The van der Waals surface area contributed by atoms with Gasteiger partial charge < -0.3 is 15.8 Å². The third-order valence-electron chi connectivity index (χ3n) is 4.22. The first-order valence-corrected chi connectivity index (χ1v) is 7.35. The Labute approximate surface area is 124 Å². The lowest BCUT2D eigenvalue weighted by molar-refractivity contribution is -0.149. The summed E-state index contributed by atoms with van der Waals surface area (Å²) in [5.74, 6) is -0.660. The molecular weight excluding hydrogens is 274 g/mol. The first-order valence-electron chi connectivity index (χ1n) is 6.94. The van der Waals surface area contributed by atoms with E-state index in [1.54, 1.807) is 6.92 Å². The summed E-state index contributed by atoms with van der Waals surface area (Å²) in [5.41, 5.74) is 5.81. The Balaban J connectivity index is 2.50. The van der Waals surface area contributed by atoms with Crippen molar-refractivity contribution in [1.29, 1.82) is 5.26 Å². The van der Waals surface area contributed by atoms with Gasteiger partial charge in [-0.1, -0.05) is 31.5 Å². The van der Waals surface area contributed by atoms with Gasteiger partial charge in [-0.25, -0.2) is 0 Å².